The average Bonchev–Trinajstić information content (AvgIpc) is 3.09. The Kier molecular flexibility index (Phi) is 13.9. The Morgan fingerprint density at radius 3 is 2.28 bits per heavy atom. The predicted octanol–water partition coefficient (Wildman–Crippen LogP) is 7.18. The van der Waals surface area contributed by atoms with Gasteiger partial charge in [-0.3, -0.25) is 9.59 Å². The van der Waals surface area contributed by atoms with Gasteiger partial charge >= 0.3 is 12.2 Å². The molecule has 0 radical (unpaired) electrons. The lowest BCUT2D eigenvalue weighted by Crippen LogP contribution is -2.48. The van der Waals surface area contributed by atoms with Crippen LogP contribution in [0.15, 0.2) is 42.5 Å². The number of urea groups is 1. The van der Waals surface area contributed by atoms with Crippen LogP contribution in [0.25, 0.3) is 0 Å². The van der Waals surface area contributed by atoms with Crippen molar-refractivity contribution in [1.82, 2.24) is 9.80 Å². The first-order valence-electron chi connectivity index (χ1n) is 17.6. The van der Waals surface area contributed by atoms with E-state index >= 15 is 0 Å². The molecule has 1 fully saturated rings. The van der Waals surface area contributed by atoms with Gasteiger partial charge in [0.15, 0.2) is 0 Å². The van der Waals surface area contributed by atoms with Crippen LogP contribution in [-0.2, 0) is 15.7 Å². The van der Waals surface area contributed by atoms with Crippen molar-refractivity contribution < 1.29 is 42.1 Å². The molecule has 2 aromatic rings. The molecule has 1 aliphatic heterocycles. The van der Waals surface area contributed by atoms with Crippen molar-refractivity contribution >= 4 is 29.2 Å². The molecule has 2 aromatic carbocycles. The molecule has 3 N–H and O–H groups in total. The fourth-order valence-electron chi connectivity index (χ4n) is 6.52. The molecular formula is C37H51F3N4O6. The van der Waals surface area contributed by atoms with E-state index < -0.39 is 29.7 Å². The number of amides is 4. The number of hydrogen-bond donors (Lipinski definition) is 3. The number of aliphatic hydroxyl groups excluding tert-OH is 1. The van der Waals surface area contributed by atoms with Gasteiger partial charge in [-0.25, -0.2) is 4.79 Å². The van der Waals surface area contributed by atoms with E-state index in [1.165, 1.54) is 6.07 Å². The maximum absolute atomic E-state index is 14.4. The van der Waals surface area contributed by atoms with E-state index in [2.05, 4.69) is 10.6 Å². The summed E-state index contributed by atoms with van der Waals surface area (Å²) in [7, 11) is 1.81. The highest BCUT2D eigenvalue weighted by Crippen LogP contribution is 2.31. The monoisotopic (exact) mass is 704 g/mol. The average molecular weight is 705 g/mol. The molecule has 0 unspecified atom stereocenters. The fraction of sp³-hybridized carbons (Fsp3) is 0.595. The number of carbonyl (C=O) groups excluding carboxylic acids is 3. The van der Waals surface area contributed by atoms with Crippen LogP contribution in [0.4, 0.5) is 29.3 Å². The highest BCUT2D eigenvalue weighted by atomic mass is 19.4. The number of benzene rings is 2. The lowest BCUT2D eigenvalue weighted by molar-refractivity contribution is -0.138. The van der Waals surface area contributed by atoms with Gasteiger partial charge in [-0.2, -0.15) is 13.2 Å². The van der Waals surface area contributed by atoms with Crippen LogP contribution in [0.5, 0.6) is 5.75 Å². The van der Waals surface area contributed by atoms with Gasteiger partial charge in [0.2, 0.25) is 5.91 Å². The smallest absolute Gasteiger partial charge is 0.416 e. The van der Waals surface area contributed by atoms with Crippen LogP contribution >= 0.6 is 0 Å². The predicted molar refractivity (Wildman–Crippen MR) is 185 cm³/mol. The Hall–Kier alpha value is -3.84. The number of ether oxygens (including phenoxy) is 2. The zero-order valence-electron chi connectivity index (χ0n) is 29.4. The van der Waals surface area contributed by atoms with E-state index in [1.54, 1.807) is 28.9 Å². The number of halogens is 3. The molecule has 13 heteroatoms. The molecule has 276 valence electrons. The first-order chi connectivity index (χ1) is 23.8. The minimum absolute atomic E-state index is 0.0212. The topological polar surface area (TPSA) is 120 Å². The van der Waals surface area contributed by atoms with Crippen molar-refractivity contribution in [2.45, 2.75) is 96.6 Å². The summed E-state index contributed by atoms with van der Waals surface area (Å²) < 4.78 is 51.5. The third-order valence-electron chi connectivity index (χ3n) is 9.56. The number of aliphatic hydroxyl groups is 1. The van der Waals surface area contributed by atoms with Crippen LogP contribution in [0, 0.1) is 11.8 Å². The van der Waals surface area contributed by atoms with E-state index in [9.17, 15) is 32.7 Å². The summed E-state index contributed by atoms with van der Waals surface area (Å²) in [4.78, 5) is 43.8. The molecule has 2 aliphatic rings. The summed E-state index contributed by atoms with van der Waals surface area (Å²) >= 11 is 0. The summed E-state index contributed by atoms with van der Waals surface area (Å²) in [5.41, 5.74) is -0.249. The zero-order chi connectivity index (χ0) is 36.4. The van der Waals surface area contributed by atoms with E-state index in [0.29, 0.717) is 25.3 Å². The van der Waals surface area contributed by atoms with Crippen LogP contribution in [0.2, 0.25) is 0 Å². The van der Waals surface area contributed by atoms with Crippen molar-refractivity contribution in [1.29, 1.82) is 0 Å². The zero-order valence-corrected chi connectivity index (χ0v) is 29.4. The first-order valence-corrected chi connectivity index (χ1v) is 17.6. The molecule has 10 nitrogen and oxygen atoms in total. The Morgan fingerprint density at radius 1 is 0.980 bits per heavy atom. The van der Waals surface area contributed by atoms with Gasteiger partial charge in [0, 0.05) is 50.0 Å². The normalized spacial score (nSPS) is 22.0. The maximum atomic E-state index is 14.4. The molecule has 0 saturated heterocycles. The second-order valence-electron chi connectivity index (χ2n) is 13.7. The summed E-state index contributed by atoms with van der Waals surface area (Å²) in [5.74, 6) is -0.167. The Bertz CT molecular complexity index is 1430. The van der Waals surface area contributed by atoms with Crippen molar-refractivity contribution in [3.05, 3.63) is 53.6 Å². The SMILES string of the molecule is C[C@@H]1CCCCO[C@@H](CN(C)C(=O)C2CCCCC2)[C@@H](C)CN([C@H](C)CO)C(=O)c2cc(NC(=O)Nc3ccc(C(F)(F)F)cc3)ccc2O1. The van der Waals surface area contributed by atoms with Crippen molar-refractivity contribution in [3.63, 3.8) is 0 Å². The Balaban J connectivity index is 1.57. The minimum Gasteiger partial charge on any atom is -0.490 e. The summed E-state index contributed by atoms with van der Waals surface area (Å²) in [6.07, 6.45) is 2.27. The van der Waals surface area contributed by atoms with Crippen molar-refractivity contribution in [2.75, 3.05) is 44.0 Å². The van der Waals surface area contributed by atoms with Crippen molar-refractivity contribution in [2.24, 2.45) is 11.8 Å². The first kappa shape index (κ1) is 39.0. The summed E-state index contributed by atoms with van der Waals surface area (Å²) in [5, 5.41) is 15.4. The minimum atomic E-state index is -4.50. The number of alkyl halides is 3. The number of nitrogens with zero attached hydrogens (tertiary/aromatic N) is 2. The van der Waals surface area contributed by atoms with Gasteiger partial charge in [-0.1, -0.05) is 26.2 Å². The van der Waals surface area contributed by atoms with Crippen LogP contribution in [-0.4, -0.2) is 84.4 Å². The highest BCUT2D eigenvalue weighted by Gasteiger charge is 2.33. The molecule has 4 atom stereocenters. The highest BCUT2D eigenvalue weighted by molar-refractivity contribution is 6.02. The third kappa shape index (κ3) is 10.8. The largest absolute Gasteiger partial charge is 0.490 e. The lowest BCUT2D eigenvalue weighted by Gasteiger charge is -2.36. The summed E-state index contributed by atoms with van der Waals surface area (Å²) in [6.45, 7) is 6.42. The molecule has 4 amide bonds. The van der Waals surface area contributed by atoms with Crippen LogP contribution in [0.1, 0.15) is 88.1 Å². The van der Waals surface area contributed by atoms with Gasteiger partial charge in [0.25, 0.3) is 5.91 Å². The van der Waals surface area contributed by atoms with Gasteiger partial charge < -0.3 is 35.0 Å². The lowest BCUT2D eigenvalue weighted by atomic mass is 9.88. The van der Waals surface area contributed by atoms with Crippen LogP contribution in [0.3, 0.4) is 0 Å². The second-order valence-corrected chi connectivity index (χ2v) is 13.7. The van der Waals surface area contributed by atoms with Crippen LogP contribution < -0.4 is 15.4 Å². The quantitative estimate of drug-likeness (QED) is 0.281. The number of likely N-dealkylation sites (N-methyl/N-ethyl adjacent to an activating group) is 1. The number of anilines is 2. The maximum Gasteiger partial charge on any atom is 0.416 e. The molecule has 0 spiro atoms. The van der Waals surface area contributed by atoms with E-state index in [0.717, 1.165) is 69.2 Å². The number of hydrogen-bond acceptors (Lipinski definition) is 6. The van der Waals surface area contributed by atoms with Gasteiger partial charge in [-0.15, -0.1) is 0 Å². The fourth-order valence-corrected chi connectivity index (χ4v) is 6.52. The number of fused-ring (bicyclic) bond motifs is 1. The molecule has 1 aliphatic carbocycles. The van der Waals surface area contributed by atoms with E-state index in [-0.39, 0.29) is 60.0 Å². The number of nitrogens with one attached hydrogen (secondary N) is 2. The standard InChI is InChI=1S/C37H51F3N4O6/c1-24-21-44(25(2)23-45)35(47)31-20-30(42-36(48)41-29-15-13-28(14-16-29)37(38,39)40)17-18-32(31)50-26(3)10-8-9-19-49-33(24)22-43(4)34(46)27-11-6-5-7-12-27/h13-18,20,24-27,33,45H,5-12,19,21-23H2,1-4H3,(H2,41,42,48)/t24-,25+,26+,33-/m0/s1. The van der Waals surface area contributed by atoms with Gasteiger partial charge in [0.1, 0.15) is 5.75 Å². The van der Waals surface area contributed by atoms with Gasteiger partial charge in [0.05, 0.1) is 36.0 Å². The summed E-state index contributed by atoms with van der Waals surface area (Å²) in [6, 6.07) is 7.44. The molecule has 1 heterocycles. The second kappa shape index (κ2) is 17.9. The third-order valence-corrected chi connectivity index (χ3v) is 9.56. The van der Waals surface area contributed by atoms with E-state index in [1.807, 2.05) is 20.9 Å². The number of rotatable bonds is 7. The molecule has 4 rings (SSSR count). The number of carbonyl (C=O) groups is 3. The van der Waals surface area contributed by atoms with Gasteiger partial charge in [-0.05, 0) is 88.4 Å². The molecule has 50 heavy (non-hydrogen) atoms. The molecule has 1 saturated carbocycles. The Morgan fingerprint density at radius 2 is 1.62 bits per heavy atom. The molecular weight excluding hydrogens is 653 g/mol. The van der Waals surface area contributed by atoms with E-state index in [4.69, 9.17) is 9.47 Å². The Labute approximate surface area is 292 Å². The van der Waals surface area contributed by atoms with Crippen molar-refractivity contribution in [3.8, 4) is 5.75 Å². The molecule has 0 aromatic heterocycles. The molecule has 0 bridgehead atoms.